The molecule has 1 aliphatic rings. The average molecular weight is 519 g/mol. The molecule has 0 radical (unpaired) electrons. The number of aliphatic imine (C=N–C) groups is 1. The Labute approximate surface area is 224 Å². The van der Waals surface area contributed by atoms with Crippen molar-refractivity contribution in [3.8, 4) is 0 Å². The summed E-state index contributed by atoms with van der Waals surface area (Å²) in [4.78, 5) is 17.3. The van der Waals surface area contributed by atoms with Crippen molar-refractivity contribution in [2.24, 2.45) is 4.99 Å². The number of carbonyl (C=O) groups excluding carboxylic acids is 1. The first kappa shape index (κ1) is 28.0. The van der Waals surface area contributed by atoms with E-state index in [-0.39, 0.29) is 12.1 Å². The molecule has 2 aromatic rings. The molecule has 7 heteroatoms. The van der Waals surface area contributed by atoms with Gasteiger partial charge in [0.05, 0.1) is 18.4 Å². The predicted octanol–water partition coefficient (Wildman–Crippen LogP) is 7.11. The Morgan fingerprint density at radius 1 is 1.24 bits per heavy atom. The van der Waals surface area contributed by atoms with Gasteiger partial charge in [0.2, 0.25) is 0 Å². The van der Waals surface area contributed by atoms with E-state index in [1.807, 2.05) is 74.5 Å². The predicted molar refractivity (Wildman–Crippen MR) is 156 cm³/mol. The normalized spacial score (nSPS) is 15.4. The number of nitrogens with one attached hydrogen (secondary N) is 3. The molecule has 1 unspecified atom stereocenters. The second kappa shape index (κ2) is 14.2. The lowest BCUT2D eigenvalue weighted by Gasteiger charge is -2.16. The smallest absolute Gasteiger partial charge is 0.319 e. The number of allylic oxidation sites excluding steroid dienone is 5. The van der Waals surface area contributed by atoms with Crippen molar-refractivity contribution >= 4 is 34.7 Å². The lowest BCUT2D eigenvalue weighted by Crippen LogP contribution is -2.31. The molecule has 194 valence electrons. The highest BCUT2D eigenvalue weighted by Gasteiger charge is 2.22. The summed E-state index contributed by atoms with van der Waals surface area (Å²) in [6.07, 6.45) is 9.54. The summed E-state index contributed by atoms with van der Waals surface area (Å²) in [5.74, 6) is 0. The van der Waals surface area contributed by atoms with E-state index in [0.717, 1.165) is 46.6 Å². The maximum atomic E-state index is 12.2. The highest BCUT2D eigenvalue weighted by Crippen LogP contribution is 2.31. The summed E-state index contributed by atoms with van der Waals surface area (Å²) < 4.78 is 5.25. The largest absolute Gasteiger partial charge is 0.380 e. The lowest BCUT2D eigenvalue weighted by molar-refractivity contribution is 0.150. The second-order valence-corrected chi connectivity index (χ2v) is 8.94. The van der Waals surface area contributed by atoms with Crippen LogP contribution < -0.4 is 16.0 Å². The molecule has 1 atom stereocenters. The molecule has 1 aliphatic heterocycles. The van der Waals surface area contributed by atoms with E-state index in [0.29, 0.717) is 30.5 Å². The number of ether oxygens (including phenoxy) is 1. The minimum absolute atomic E-state index is 0.149. The number of benzodiazepines with no additional fused rings is 1. The highest BCUT2D eigenvalue weighted by atomic mass is 35.5. The fourth-order valence-electron chi connectivity index (χ4n) is 3.89. The minimum atomic E-state index is -0.277. The summed E-state index contributed by atoms with van der Waals surface area (Å²) in [6, 6.07) is 12.9. The summed E-state index contributed by atoms with van der Waals surface area (Å²) in [7, 11) is 0. The van der Waals surface area contributed by atoms with Crippen LogP contribution >= 0.6 is 11.6 Å². The van der Waals surface area contributed by atoms with Crippen LogP contribution in [0.4, 0.5) is 16.2 Å². The molecular formula is C30H35ClN4O2. The molecule has 0 fully saturated rings. The van der Waals surface area contributed by atoms with Crippen LogP contribution in [0.3, 0.4) is 0 Å². The Bertz CT molecular complexity index is 1200. The van der Waals surface area contributed by atoms with Gasteiger partial charge in [-0.3, -0.25) is 4.99 Å². The van der Waals surface area contributed by atoms with Crippen molar-refractivity contribution < 1.29 is 9.53 Å². The van der Waals surface area contributed by atoms with Crippen LogP contribution in [0.5, 0.6) is 0 Å². The number of benzene rings is 2. The zero-order valence-corrected chi connectivity index (χ0v) is 22.3. The van der Waals surface area contributed by atoms with Crippen LogP contribution in [-0.4, -0.2) is 37.5 Å². The van der Waals surface area contributed by atoms with Crippen molar-refractivity contribution in [2.45, 2.75) is 32.7 Å². The van der Waals surface area contributed by atoms with E-state index >= 15 is 0 Å². The van der Waals surface area contributed by atoms with Gasteiger partial charge in [0.1, 0.15) is 0 Å². The van der Waals surface area contributed by atoms with Crippen molar-refractivity contribution in [1.82, 2.24) is 5.32 Å². The number of urea groups is 1. The summed E-state index contributed by atoms with van der Waals surface area (Å²) >= 11 is 6.38. The molecule has 0 aromatic heterocycles. The molecule has 0 saturated carbocycles. The van der Waals surface area contributed by atoms with E-state index in [4.69, 9.17) is 21.3 Å². The van der Waals surface area contributed by atoms with Gasteiger partial charge >= 0.3 is 6.03 Å². The Kier molecular flexibility index (Phi) is 10.7. The van der Waals surface area contributed by atoms with Gasteiger partial charge in [0, 0.05) is 46.4 Å². The van der Waals surface area contributed by atoms with Crippen molar-refractivity contribution in [2.75, 3.05) is 30.4 Å². The highest BCUT2D eigenvalue weighted by molar-refractivity contribution is 6.31. The first-order valence-corrected chi connectivity index (χ1v) is 12.8. The van der Waals surface area contributed by atoms with Gasteiger partial charge in [-0.25, -0.2) is 4.79 Å². The Hall–Kier alpha value is -3.61. The summed E-state index contributed by atoms with van der Waals surface area (Å²) in [5, 5.41) is 9.70. The number of amides is 2. The van der Waals surface area contributed by atoms with E-state index in [9.17, 15) is 4.79 Å². The van der Waals surface area contributed by atoms with E-state index in [1.54, 1.807) is 0 Å². The first-order chi connectivity index (χ1) is 17.9. The quantitative estimate of drug-likeness (QED) is 0.219. The minimum Gasteiger partial charge on any atom is -0.380 e. The summed E-state index contributed by atoms with van der Waals surface area (Å²) in [5.41, 5.74) is 6.19. The van der Waals surface area contributed by atoms with Gasteiger partial charge in [0.25, 0.3) is 0 Å². The Morgan fingerprint density at radius 2 is 2.03 bits per heavy atom. The number of hydrogen-bond acceptors (Lipinski definition) is 4. The van der Waals surface area contributed by atoms with Crippen LogP contribution in [0.2, 0.25) is 5.02 Å². The Morgan fingerprint density at radius 3 is 2.73 bits per heavy atom. The fourth-order valence-corrected chi connectivity index (χ4v) is 4.07. The molecule has 0 saturated heterocycles. The maximum Gasteiger partial charge on any atom is 0.319 e. The molecule has 1 heterocycles. The molecule has 6 nitrogen and oxygen atoms in total. The third-order valence-corrected chi connectivity index (χ3v) is 6.08. The number of hydrogen-bond donors (Lipinski definition) is 3. The third kappa shape index (κ3) is 8.20. The second-order valence-electron chi connectivity index (χ2n) is 8.50. The van der Waals surface area contributed by atoms with E-state index in [1.165, 1.54) is 0 Å². The summed E-state index contributed by atoms with van der Waals surface area (Å²) in [6.45, 7) is 13.7. The first-order valence-electron chi connectivity index (χ1n) is 12.5. The number of carbonyl (C=O) groups is 1. The number of nitrogens with zero attached hydrogens (tertiary/aromatic N) is 1. The van der Waals surface area contributed by atoms with Gasteiger partial charge in [-0.1, -0.05) is 61.2 Å². The van der Waals surface area contributed by atoms with Crippen LogP contribution in [-0.2, 0) is 4.74 Å². The SMILES string of the molecule is C=C/C(=C\C=C/C)CCC1N=C(c2ccc(NC(=O)NCCOCC)cc2)c2cc(Cl)ccc2NC1=C. The van der Waals surface area contributed by atoms with Gasteiger partial charge < -0.3 is 20.7 Å². The molecule has 37 heavy (non-hydrogen) atoms. The topological polar surface area (TPSA) is 74.8 Å². The molecule has 2 aromatic carbocycles. The third-order valence-electron chi connectivity index (χ3n) is 5.84. The van der Waals surface area contributed by atoms with Crippen molar-refractivity contribution in [3.05, 3.63) is 107 Å². The number of rotatable bonds is 11. The Balaban J connectivity index is 1.85. The molecular weight excluding hydrogens is 484 g/mol. The number of fused-ring (bicyclic) bond motifs is 1. The van der Waals surface area contributed by atoms with Crippen LogP contribution in [0.25, 0.3) is 0 Å². The number of halogens is 1. The van der Waals surface area contributed by atoms with Crippen LogP contribution in [0.1, 0.15) is 37.8 Å². The van der Waals surface area contributed by atoms with E-state index in [2.05, 4.69) is 35.2 Å². The molecule has 3 N–H and O–H groups in total. The molecule has 3 rings (SSSR count). The van der Waals surface area contributed by atoms with Gasteiger partial charge in [0.15, 0.2) is 0 Å². The zero-order valence-electron chi connectivity index (χ0n) is 21.5. The molecule has 0 aliphatic carbocycles. The van der Waals surface area contributed by atoms with E-state index < -0.39 is 0 Å². The fraction of sp³-hybridized carbons (Fsp3) is 0.267. The van der Waals surface area contributed by atoms with Gasteiger partial charge in [-0.15, -0.1) is 0 Å². The standard InChI is InChI=1S/C30H35ClN4O2/c1-5-8-9-22(6-2)10-16-27-21(4)33-28-17-13-24(31)20-26(28)29(35-27)23-11-14-25(15-12-23)34-30(36)32-18-19-37-7-3/h5-6,8-9,11-15,17,20,27,33H,2,4,7,10,16,18-19H2,1,3H3,(H2,32,34,36)/b8-5-,22-9+. The van der Waals surface area contributed by atoms with Crippen LogP contribution in [0, 0.1) is 0 Å². The molecule has 2 amide bonds. The maximum absolute atomic E-state index is 12.2. The molecule has 0 bridgehead atoms. The van der Waals surface area contributed by atoms with Crippen LogP contribution in [0.15, 0.2) is 96.2 Å². The van der Waals surface area contributed by atoms with Gasteiger partial charge in [-0.05, 0) is 62.6 Å². The van der Waals surface area contributed by atoms with Crippen molar-refractivity contribution in [3.63, 3.8) is 0 Å². The zero-order chi connectivity index (χ0) is 26.6. The van der Waals surface area contributed by atoms with Crippen molar-refractivity contribution in [1.29, 1.82) is 0 Å². The number of anilines is 2. The monoisotopic (exact) mass is 518 g/mol. The lowest BCUT2D eigenvalue weighted by atomic mass is 10.00. The molecule has 0 spiro atoms. The average Bonchev–Trinajstić information content (AvgIpc) is 3.03. The van der Waals surface area contributed by atoms with Gasteiger partial charge in [-0.2, -0.15) is 0 Å².